The second kappa shape index (κ2) is 14.1. The molecular weight excluding hydrogens is 783 g/mol. The van der Waals surface area contributed by atoms with Crippen LogP contribution in [0.4, 0.5) is 60.5 Å². The number of hydrogen-bond donors (Lipinski definition) is 0. The Balaban J connectivity index is 1.51. The van der Waals surface area contributed by atoms with Gasteiger partial charge in [-0.3, -0.25) is 0 Å². The molecule has 0 atom stereocenters. The standard InChI is InChI=1S/C48H34F6N2S2/c1-46(2,3)45-43(29-14-12-16-31(26-29)47(49,50)51)37(55-33-18-4-8-22-39(33)57-40-23-9-5-19-34(40)55)28-38(44(45)30-15-13-17-32(27-30)48(52,53)54)56-35-20-6-10-24-41(35)58-42-25-11-7-21-36(42)56/h4-28H,1-3H3. The average molecular weight is 817 g/mol. The van der Waals surface area contributed by atoms with Crippen LogP contribution in [0, 0.1) is 0 Å². The van der Waals surface area contributed by atoms with E-state index < -0.39 is 28.9 Å². The van der Waals surface area contributed by atoms with Gasteiger partial charge in [0.15, 0.2) is 0 Å². The third kappa shape index (κ3) is 6.62. The van der Waals surface area contributed by atoms with Crippen LogP contribution < -0.4 is 9.80 Å². The lowest BCUT2D eigenvalue weighted by Crippen LogP contribution is -2.23. The Morgan fingerprint density at radius 3 is 1.02 bits per heavy atom. The molecule has 2 heterocycles. The van der Waals surface area contributed by atoms with Crippen molar-refractivity contribution < 1.29 is 26.3 Å². The third-order valence-corrected chi connectivity index (χ3v) is 12.6. The molecule has 0 amide bonds. The number of halogens is 6. The summed E-state index contributed by atoms with van der Waals surface area (Å²) in [6.45, 7) is 5.89. The topological polar surface area (TPSA) is 6.48 Å². The molecule has 0 saturated carbocycles. The maximum atomic E-state index is 14.6. The van der Waals surface area contributed by atoms with Crippen LogP contribution in [-0.4, -0.2) is 0 Å². The van der Waals surface area contributed by atoms with E-state index in [1.807, 2.05) is 124 Å². The summed E-state index contributed by atoms with van der Waals surface area (Å²) in [6.07, 6.45) is -9.30. The fourth-order valence-electron chi connectivity index (χ4n) is 7.97. The van der Waals surface area contributed by atoms with Gasteiger partial charge in [-0.15, -0.1) is 0 Å². The van der Waals surface area contributed by atoms with Gasteiger partial charge in [0.05, 0.1) is 45.3 Å². The number of anilines is 6. The SMILES string of the molecule is CC(C)(C)c1c(-c2cccc(C(F)(F)F)c2)c(N2c3ccccc3Sc3ccccc32)cc(N2c3ccccc3Sc3ccccc32)c1-c1cccc(C(F)(F)F)c1. The van der Waals surface area contributed by atoms with Crippen molar-refractivity contribution in [3.63, 3.8) is 0 Å². The third-order valence-electron chi connectivity index (χ3n) is 10.3. The van der Waals surface area contributed by atoms with E-state index in [2.05, 4.69) is 9.80 Å². The molecular formula is C48H34F6N2S2. The van der Waals surface area contributed by atoms with Gasteiger partial charge in [0.1, 0.15) is 0 Å². The molecule has 0 N–H and O–H groups in total. The number of rotatable bonds is 4. The molecule has 10 heteroatoms. The summed E-state index contributed by atoms with van der Waals surface area (Å²) in [5.74, 6) is 0. The highest BCUT2D eigenvalue weighted by Gasteiger charge is 2.39. The predicted octanol–water partition coefficient (Wildman–Crippen LogP) is 16.2. The fourth-order valence-corrected chi connectivity index (χ4v) is 10.1. The van der Waals surface area contributed by atoms with Gasteiger partial charge in [-0.1, -0.05) is 117 Å². The molecule has 2 aliphatic rings. The van der Waals surface area contributed by atoms with E-state index in [1.54, 1.807) is 35.7 Å². The van der Waals surface area contributed by atoms with Crippen LogP contribution in [0.1, 0.15) is 37.5 Å². The first-order valence-corrected chi connectivity index (χ1v) is 20.2. The summed E-state index contributed by atoms with van der Waals surface area (Å²) in [4.78, 5) is 7.98. The number of alkyl halides is 6. The number of hydrogen-bond acceptors (Lipinski definition) is 4. The highest BCUT2D eigenvalue weighted by Crippen LogP contribution is 2.60. The first kappa shape index (κ1) is 38.0. The number of benzene rings is 7. The quantitative estimate of drug-likeness (QED) is 0.163. The summed E-state index contributed by atoms with van der Waals surface area (Å²) in [5.41, 5.74) is 4.13. The summed E-state index contributed by atoms with van der Waals surface area (Å²) in [5, 5.41) is 0. The molecule has 7 aromatic rings. The van der Waals surface area contributed by atoms with Crippen molar-refractivity contribution in [2.24, 2.45) is 0 Å². The lowest BCUT2D eigenvalue weighted by Gasteiger charge is -2.41. The fraction of sp³-hybridized carbons (Fsp3) is 0.125. The number of nitrogens with zero attached hydrogens (tertiary/aromatic N) is 2. The molecule has 0 spiro atoms. The van der Waals surface area contributed by atoms with Crippen LogP contribution >= 0.6 is 23.5 Å². The molecule has 58 heavy (non-hydrogen) atoms. The molecule has 2 aliphatic heterocycles. The van der Waals surface area contributed by atoms with Gasteiger partial charge in [0.25, 0.3) is 0 Å². The molecule has 2 nitrogen and oxygen atoms in total. The van der Waals surface area contributed by atoms with E-state index >= 15 is 0 Å². The van der Waals surface area contributed by atoms with Gasteiger partial charge in [-0.2, -0.15) is 26.3 Å². The second-order valence-electron chi connectivity index (χ2n) is 15.2. The van der Waals surface area contributed by atoms with Crippen molar-refractivity contribution in [3.8, 4) is 22.3 Å². The normalized spacial score (nSPS) is 13.7. The van der Waals surface area contributed by atoms with Crippen molar-refractivity contribution in [1.82, 2.24) is 0 Å². The van der Waals surface area contributed by atoms with E-state index in [0.29, 0.717) is 28.1 Å². The van der Waals surface area contributed by atoms with E-state index in [4.69, 9.17) is 0 Å². The van der Waals surface area contributed by atoms with Gasteiger partial charge >= 0.3 is 12.4 Å². The molecule has 0 radical (unpaired) electrons. The summed E-state index contributed by atoms with van der Waals surface area (Å²) in [7, 11) is 0. The van der Waals surface area contributed by atoms with E-state index in [0.717, 1.165) is 66.6 Å². The summed E-state index contributed by atoms with van der Waals surface area (Å²) >= 11 is 3.21. The molecule has 7 aromatic carbocycles. The first-order chi connectivity index (χ1) is 27.7. The summed E-state index contributed by atoms with van der Waals surface area (Å²) in [6, 6.07) is 44.1. The van der Waals surface area contributed by atoms with Crippen LogP contribution in [0.25, 0.3) is 22.3 Å². The molecule has 0 bridgehead atoms. The number of para-hydroxylation sites is 4. The Morgan fingerprint density at radius 1 is 0.379 bits per heavy atom. The zero-order valence-electron chi connectivity index (χ0n) is 31.4. The van der Waals surface area contributed by atoms with Crippen molar-refractivity contribution in [2.75, 3.05) is 9.80 Å². The minimum absolute atomic E-state index is 0.290. The second-order valence-corrected chi connectivity index (χ2v) is 17.4. The highest BCUT2D eigenvalue weighted by atomic mass is 32.2. The molecule has 0 aliphatic carbocycles. The maximum Gasteiger partial charge on any atom is 0.416 e. The molecule has 0 unspecified atom stereocenters. The monoisotopic (exact) mass is 816 g/mol. The van der Waals surface area contributed by atoms with Gasteiger partial charge in [-0.05, 0) is 101 Å². The molecule has 290 valence electrons. The molecule has 0 saturated heterocycles. The van der Waals surface area contributed by atoms with Gasteiger partial charge < -0.3 is 9.80 Å². The Hall–Kier alpha value is -5.58. The minimum Gasteiger partial charge on any atom is -0.308 e. The summed E-state index contributed by atoms with van der Waals surface area (Å²) < 4.78 is 87.8. The molecule has 0 fully saturated rings. The van der Waals surface area contributed by atoms with Gasteiger partial charge in [-0.25, -0.2) is 0 Å². The maximum absolute atomic E-state index is 14.6. The van der Waals surface area contributed by atoms with Crippen molar-refractivity contribution >= 4 is 57.6 Å². The van der Waals surface area contributed by atoms with E-state index in [-0.39, 0.29) is 11.1 Å². The minimum atomic E-state index is -4.65. The smallest absolute Gasteiger partial charge is 0.308 e. The Bertz CT molecular complexity index is 2460. The Morgan fingerprint density at radius 2 is 0.707 bits per heavy atom. The van der Waals surface area contributed by atoms with Crippen LogP contribution in [0.5, 0.6) is 0 Å². The first-order valence-electron chi connectivity index (χ1n) is 18.6. The van der Waals surface area contributed by atoms with Crippen LogP contribution in [-0.2, 0) is 17.8 Å². The zero-order valence-corrected chi connectivity index (χ0v) is 33.0. The van der Waals surface area contributed by atoms with Crippen LogP contribution in [0.3, 0.4) is 0 Å². The average Bonchev–Trinajstić information content (AvgIpc) is 3.20. The van der Waals surface area contributed by atoms with Gasteiger partial charge in [0, 0.05) is 30.7 Å². The van der Waals surface area contributed by atoms with Crippen molar-refractivity contribution in [2.45, 2.75) is 58.1 Å². The van der Waals surface area contributed by atoms with Crippen LogP contribution in [0.15, 0.2) is 171 Å². The zero-order chi connectivity index (χ0) is 40.6. The Labute approximate surface area is 341 Å². The molecule has 9 rings (SSSR count). The van der Waals surface area contributed by atoms with E-state index in [9.17, 15) is 26.3 Å². The number of fused-ring (bicyclic) bond motifs is 4. The lowest BCUT2D eigenvalue weighted by molar-refractivity contribution is -0.138. The predicted molar refractivity (Wildman–Crippen MR) is 224 cm³/mol. The molecule has 0 aromatic heterocycles. The highest BCUT2D eigenvalue weighted by molar-refractivity contribution is 8.00. The van der Waals surface area contributed by atoms with Gasteiger partial charge in [0.2, 0.25) is 0 Å². The van der Waals surface area contributed by atoms with Crippen LogP contribution in [0.2, 0.25) is 0 Å². The Kier molecular flexibility index (Phi) is 9.20. The lowest BCUT2D eigenvalue weighted by atomic mass is 9.75. The van der Waals surface area contributed by atoms with Crippen molar-refractivity contribution in [3.05, 3.63) is 168 Å². The van der Waals surface area contributed by atoms with Crippen molar-refractivity contribution in [1.29, 1.82) is 0 Å². The largest absolute Gasteiger partial charge is 0.416 e. The van der Waals surface area contributed by atoms with E-state index in [1.165, 1.54) is 12.1 Å².